The number of aromatic nitrogens is 2. The first-order chi connectivity index (χ1) is 13.9. The molecule has 148 valence electrons. The molecule has 1 aromatic heterocycles. The fraction of sp³-hybridized carbons (Fsp3) is 0.208. The van der Waals surface area contributed by atoms with E-state index < -0.39 is 11.2 Å². The number of carbonyl (C=O) groups excluding carboxylic acids is 1. The van der Waals surface area contributed by atoms with Crippen LogP contribution in [0, 0.1) is 13.8 Å². The average molecular weight is 388 g/mol. The number of carbonyl (C=O) groups is 1. The van der Waals surface area contributed by atoms with Gasteiger partial charge in [0.05, 0.1) is 0 Å². The lowest BCUT2D eigenvalue weighted by Gasteiger charge is -2.14. The first-order valence-corrected chi connectivity index (χ1v) is 9.61. The predicted molar refractivity (Wildman–Crippen MR) is 116 cm³/mol. The maximum Gasteiger partial charge on any atom is 0.329 e. The molecule has 0 saturated heterocycles. The monoisotopic (exact) mass is 388 g/mol. The molecule has 0 spiro atoms. The second-order valence-corrected chi connectivity index (χ2v) is 7.07. The Labute approximate surface area is 169 Å². The molecule has 0 unspecified atom stereocenters. The molecule has 29 heavy (non-hydrogen) atoms. The minimum atomic E-state index is -0.586. The van der Waals surface area contributed by atoms with Crippen LogP contribution in [0.15, 0.2) is 64.2 Å². The van der Waals surface area contributed by atoms with Crippen molar-refractivity contribution in [3.63, 3.8) is 0 Å². The fourth-order valence-corrected chi connectivity index (χ4v) is 3.47. The van der Waals surface area contributed by atoms with E-state index in [0.29, 0.717) is 17.5 Å². The lowest BCUT2D eigenvalue weighted by Crippen LogP contribution is -2.37. The summed E-state index contributed by atoms with van der Waals surface area (Å²) in [6, 6.07) is 15.2. The molecule has 0 radical (unpaired) electrons. The normalized spacial score (nSPS) is 11.1. The number of aromatic amines is 1. The summed E-state index contributed by atoms with van der Waals surface area (Å²) in [4.78, 5) is 40.6. The Hall–Kier alpha value is -3.47. The topological polar surface area (TPSA) is 71.9 Å². The zero-order valence-corrected chi connectivity index (χ0v) is 16.9. The fourth-order valence-electron chi connectivity index (χ4n) is 3.47. The van der Waals surface area contributed by atoms with Crippen LogP contribution in [-0.4, -0.2) is 15.3 Å². The zero-order chi connectivity index (χ0) is 21.0. The summed E-state index contributed by atoms with van der Waals surface area (Å²) in [6.45, 7) is 5.82. The van der Waals surface area contributed by atoms with Gasteiger partial charge in [-0.05, 0) is 38.0 Å². The molecule has 3 rings (SSSR count). The maximum absolute atomic E-state index is 13.4. The molecule has 5 nitrogen and oxygen atoms in total. The Bertz CT molecular complexity index is 1160. The molecule has 0 saturated carbocycles. The maximum atomic E-state index is 13.4. The molecule has 0 aliphatic heterocycles. The van der Waals surface area contributed by atoms with Gasteiger partial charge in [-0.15, -0.1) is 0 Å². The van der Waals surface area contributed by atoms with E-state index in [1.807, 2.05) is 62.4 Å². The molecule has 2 aromatic carbocycles. The second kappa shape index (κ2) is 8.69. The minimum Gasteiger partial charge on any atom is -0.287 e. The van der Waals surface area contributed by atoms with Gasteiger partial charge in [0.15, 0.2) is 0 Å². The molecule has 0 amide bonds. The van der Waals surface area contributed by atoms with E-state index in [2.05, 4.69) is 4.98 Å². The quantitative estimate of drug-likeness (QED) is 0.655. The van der Waals surface area contributed by atoms with Crippen LogP contribution in [0.25, 0.3) is 6.08 Å². The van der Waals surface area contributed by atoms with Crippen LogP contribution in [0.1, 0.15) is 45.2 Å². The Morgan fingerprint density at radius 2 is 1.69 bits per heavy atom. The predicted octanol–water partition coefficient (Wildman–Crippen LogP) is 3.66. The molecule has 0 fully saturated rings. The molecular weight excluding hydrogens is 364 g/mol. The van der Waals surface area contributed by atoms with Gasteiger partial charge in [0, 0.05) is 17.7 Å². The summed E-state index contributed by atoms with van der Waals surface area (Å²) in [5.41, 5.74) is 2.76. The van der Waals surface area contributed by atoms with Gasteiger partial charge in [-0.3, -0.25) is 19.1 Å². The first-order valence-electron chi connectivity index (χ1n) is 9.61. The summed E-state index contributed by atoms with van der Waals surface area (Å²) in [5, 5.41) is 0. The van der Waals surface area contributed by atoms with Crippen LogP contribution in [0.5, 0.6) is 0 Å². The highest BCUT2D eigenvalue weighted by molar-refractivity contribution is 6.09. The highest BCUT2D eigenvalue weighted by atomic mass is 16.2. The molecule has 3 aromatic rings. The molecule has 1 N–H and O–H groups in total. The highest BCUT2D eigenvalue weighted by Gasteiger charge is 2.21. The van der Waals surface area contributed by atoms with Crippen LogP contribution in [0.4, 0.5) is 0 Å². The number of allylic oxidation sites excluding steroid dienone is 1. The molecule has 0 aliphatic carbocycles. The van der Waals surface area contributed by atoms with Crippen LogP contribution < -0.4 is 11.2 Å². The van der Waals surface area contributed by atoms with E-state index in [1.54, 1.807) is 19.1 Å². The lowest BCUT2D eigenvalue weighted by molar-refractivity contribution is 0.102. The Morgan fingerprint density at radius 1 is 1.03 bits per heavy atom. The van der Waals surface area contributed by atoms with Crippen molar-refractivity contribution in [3.05, 3.63) is 109 Å². The van der Waals surface area contributed by atoms with Crippen LogP contribution in [0.3, 0.4) is 0 Å². The van der Waals surface area contributed by atoms with Crippen LogP contribution in [-0.2, 0) is 13.0 Å². The van der Waals surface area contributed by atoms with Crippen LogP contribution in [0.2, 0.25) is 0 Å². The highest BCUT2D eigenvalue weighted by Crippen LogP contribution is 2.16. The van der Waals surface area contributed by atoms with Crippen molar-refractivity contribution in [3.8, 4) is 0 Å². The second-order valence-electron chi connectivity index (χ2n) is 7.07. The van der Waals surface area contributed by atoms with Crippen molar-refractivity contribution in [2.45, 2.75) is 33.7 Å². The molecule has 5 heteroatoms. The summed E-state index contributed by atoms with van der Waals surface area (Å²) >= 11 is 0. The first kappa shape index (κ1) is 20.3. The third kappa shape index (κ3) is 4.51. The summed E-state index contributed by atoms with van der Waals surface area (Å²) in [6.07, 6.45) is 4.05. The van der Waals surface area contributed by atoms with Crippen molar-refractivity contribution in [2.75, 3.05) is 0 Å². The van der Waals surface area contributed by atoms with Gasteiger partial charge in [-0.25, -0.2) is 4.79 Å². The van der Waals surface area contributed by atoms with Gasteiger partial charge in [0.2, 0.25) is 5.78 Å². The number of hydrogen-bond acceptors (Lipinski definition) is 3. The summed E-state index contributed by atoms with van der Waals surface area (Å²) in [5.74, 6) is -0.315. The number of hydrogen-bond donors (Lipinski definition) is 1. The summed E-state index contributed by atoms with van der Waals surface area (Å²) < 4.78 is 1.35. The molecule has 0 bridgehead atoms. The van der Waals surface area contributed by atoms with Gasteiger partial charge < -0.3 is 0 Å². The molecule has 0 aliphatic rings. The number of aryl methyl sites for hydroxylation is 2. The SMILES string of the molecule is CCc1c(C(=O)c2cc(C)cc(C)c2)n(C/C=C\c2ccccc2)c(=O)[nH]c1=O. The van der Waals surface area contributed by atoms with Gasteiger partial charge >= 0.3 is 5.69 Å². The van der Waals surface area contributed by atoms with Crippen molar-refractivity contribution >= 4 is 11.9 Å². The number of H-pyrrole nitrogens is 1. The van der Waals surface area contributed by atoms with E-state index in [4.69, 9.17) is 0 Å². The largest absolute Gasteiger partial charge is 0.329 e. The molecule has 1 heterocycles. The number of benzene rings is 2. The standard InChI is InChI=1S/C24H24N2O3/c1-4-20-21(22(27)19-14-16(2)13-17(3)15-19)26(24(29)25-23(20)28)12-8-11-18-9-6-5-7-10-18/h5-11,13-15H,4,12H2,1-3H3,(H,25,28,29)/b11-8-. The third-order valence-corrected chi connectivity index (χ3v) is 4.75. The molecular formula is C24H24N2O3. The van der Waals surface area contributed by atoms with E-state index in [1.165, 1.54) is 4.57 Å². The van der Waals surface area contributed by atoms with Gasteiger partial charge in [0.1, 0.15) is 5.69 Å². The van der Waals surface area contributed by atoms with Crippen LogP contribution >= 0.6 is 0 Å². The smallest absolute Gasteiger partial charge is 0.287 e. The number of nitrogens with zero attached hydrogens (tertiary/aromatic N) is 1. The zero-order valence-electron chi connectivity index (χ0n) is 16.9. The number of nitrogens with one attached hydrogen (secondary N) is 1. The van der Waals surface area contributed by atoms with E-state index in [0.717, 1.165) is 16.7 Å². The van der Waals surface area contributed by atoms with Gasteiger partial charge in [0.25, 0.3) is 5.56 Å². The Kier molecular flexibility index (Phi) is 6.07. The number of rotatable bonds is 6. The van der Waals surface area contributed by atoms with Crippen molar-refractivity contribution < 1.29 is 4.79 Å². The van der Waals surface area contributed by atoms with E-state index in [-0.39, 0.29) is 18.0 Å². The van der Waals surface area contributed by atoms with Crippen molar-refractivity contribution in [2.24, 2.45) is 0 Å². The summed E-state index contributed by atoms with van der Waals surface area (Å²) in [7, 11) is 0. The van der Waals surface area contributed by atoms with Crippen molar-refractivity contribution in [1.82, 2.24) is 9.55 Å². The number of ketones is 1. The van der Waals surface area contributed by atoms with Gasteiger partial charge in [-0.2, -0.15) is 0 Å². The third-order valence-electron chi connectivity index (χ3n) is 4.75. The molecule has 0 atom stereocenters. The Morgan fingerprint density at radius 3 is 2.31 bits per heavy atom. The van der Waals surface area contributed by atoms with Crippen molar-refractivity contribution in [1.29, 1.82) is 0 Å². The lowest BCUT2D eigenvalue weighted by atomic mass is 9.99. The Balaban J connectivity index is 2.11. The van der Waals surface area contributed by atoms with E-state index in [9.17, 15) is 14.4 Å². The van der Waals surface area contributed by atoms with E-state index >= 15 is 0 Å². The minimum absolute atomic E-state index is 0.156. The average Bonchev–Trinajstić information content (AvgIpc) is 2.68. The van der Waals surface area contributed by atoms with Gasteiger partial charge in [-0.1, -0.05) is 66.6 Å².